The molecule has 1 aliphatic carbocycles. The minimum atomic E-state index is -0.403. The first-order valence-corrected chi connectivity index (χ1v) is 11.2. The normalized spacial score (nSPS) is 18.2. The zero-order valence-corrected chi connectivity index (χ0v) is 19.0. The lowest BCUT2D eigenvalue weighted by Crippen LogP contribution is -2.34. The number of allylic oxidation sites excluding steroid dienone is 3. The molecule has 0 fully saturated rings. The van der Waals surface area contributed by atoms with Gasteiger partial charge in [0.25, 0.3) is 0 Å². The van der Waals surface area contributed by atoms with Gasteiger partial charge in [0.15, 0.2) is 5.78 Å². The number of carbonyl (C=O) groups is 2. The molecule has 0 radical (unpaired) electrons. The zero-order chi connectivity index (χ0) is 22.7. The van der Waals surface area contributed by atoms with E-state index in [0.717, 1.165) is 46.6 Å². The maximum absolute atomic E-state index is 13.3. The Bertz CT molecular complexity index is 1070. The van der Waals surface area contributed by atoms with E-state index >= 15 is 0 Å². The van der Waals surface area contributed by atoms with Gasteiger partial charge in [-0.1, -0.05) is 42.5 Å². The van der Waals surface area contributed by atoms with E-state index in [9.17, 15) is 9.59 Å². The molecule has 0 aromatic heterocycles. The third-order valence-electron chi connectivity index (χ3n) is 6.21. The van der Waals surface area contributed by atoms with Crippen molar-refractivity contribution in [3.63, 3.8) is 0 Å². The van der Waals surface area contributed by atoms with Gasteiger partial charge in [-0.15, -0.1) is 0 Å². The van der Waals surface area contributed by atoms with Crippen molar-refractivity contribution in [2.45, 2.75) is 38.5 Å². The van der Waals surface area contributed by atoms with Crippen LogP contribution in [0.15, 0.2) is 77.1 Å². The third-order valence-corrected chi connectivity index (χ3v) is 6.21. The molecular formula is C27H30N2O3. The standard InChI is InChI=1S/C27H30N2O3/c1-18-24(27(31)32-17-16-19-8-5-4-6-9-19)25(20-12-14-21(15-13-20)29(2)3)26-22(28-18)10-7-11-23(26)30/h4-6,8-9,12-15,25,28H,7,10-11,16-17H2,1-3H3/t25-/m0/s1. The quantitative estimate of drug-likeness (QED) is 0.684. The summed E-state index contributed by atoms with van der Waals surface area (Å²) in [6, 6.07) is 18.1. The van der Waals surface area contributed by atoms with Gasteiger partial charge in [-0.25, -0.2) is 4.79 Å². The average Bonchev–Trinajstić information content (AvgIpc) is 2.79. The van der Waals surface area contributed by atoms with Crippen LogP contribution in [0, 0.1) is 0 Å². The number of hydrogen-bond donors (Lipinski definition) is 1. The molecule has 5 nitrogen and oxygen atoms in total. The van der Waals surface area contributed by atoms with Crippen molar-refractivity contribution in [3.05, 3.63) is 88.3 Å². The number of anilines is 1. The van der Waals surface area contributed by atoms with Crippen LogP contribution in [-0.2, 0) is 20.7 Å². The van der Waals surface area contributed by atoms with Gasteiger partial charge < -0.3 is 15.0 Å². The van der Waals surface area contributed by atoms with Crippen LogP contribution in [0.1, 0.15) is 43.2 Å². The molecule has 166 valence electrons. The maximum atomic E-state index is 13.3. The molecule has 0 unspecified atom stereocenters. The predicted molar refractivity (Wildman–Crippen MR) is 126 cm³/mol. The van der Waals surface area contributed by atoms with Crippen molar-refractivity contribution in [2.24, 2.45) is 0 Å². The average molecular weight is 431 g/mol. The van der Waals surface area contributed by atoms with Crippen LogP contribution in [-0.4, -0.2) is 32.5 Å². The smallest absolute Gasteiger partial charge is 0.336 e. The number of dihydropyridines is 1. The summed E-state index contributed by atoms with van der Waals surface area (Å²) in [5, 5.41) is 3.35. The molecule has 1 atom stereocenters. The summed E-state index contributed by atoms with van der Waals surface area (Å²) in [5.74, 6) is -0.653. The molecule has 4 rings (SSSR count). The molecule has 1 N–H and O–H groups in total. The summed E-state index contributed by atoms with van der Waals surface area (Å²) in [6.45, 7) is 2.20. The predicted octanol–water partition coefficient (Wildman–Crippen LogP) is 4.51. The molecule has 0 saturated heterocycles. The van der Waals surface area contributed by atoms with E-state index in [0.29, 0.717) is 25.0 Å². The lowest BCUT2D eigenvalue weighted by Gasteiger charge is -2.34. The largest absolute Gasteiger partial charge is 0.462 e. The summed E-state index contributed by atoms with van der Waals surface area (Å²) in [7, 11) is 3.98. The highest BCUT2D eigenvalue weighted by atomic mass is 16.5. The third kappa shape index (κ3) is 4.47. The van der Waals surface area contributed by atoms with Gasteiger partial charge >= 0.3 is 5.97 Å². The molecule has 2 aromatic rings. The fourth-order valence-corrected chi connectivity index (χ4v) is 4.54. The number of ether oxygens (including phenoxy) is 1. The molecule has 2 aromatic carbocycles. The Morgan fingerprint density at radius 1 is 1.06 bits per heavy atom. The number of esters is 1. The lowest BCUT2D eigenvalue weighted by atomic mass is 9.75. The van der Waals surface area contributed by atoms with Crippen LogP contribution in [0.5, 0.6) is 0 Å². The first-order valence-electron chi connectivity index (χ1n) is 11.2. The van der Waals surface area contributed by atoms with Crippen LogP contribution in [0.4, 0.5) is 5.69 Å². The van der Waals surface area contributed by atoms with Crippen molar-refractivity contribution in [1.29, 1.82) is 0 Å². The van der Waals surface area contributed by atoms with Crippen LogP contribution in [0.2, 0.25) is 0 Å². The Labute approximate surface area is 189 Å². The first kappa shape index (κ1) is 21.9. The van der Waals surface area contributed by atoms with E-state index in [1.54, 1.807) is 0 Å². The summed E-state index contributed by atoms with van der Waals surface area (Å²) in [4.78, 5) is 28.3. The van der Waals surface area contributed by atoms with Crippen LogP contribution >= 0.6 is 0 Å². The second-order valence-corrected chi connectivity index (χ2v) is 8.62. The second kappa shape index (κ2) is 9.43. The molecule has 0 amide bonds. The molecule has 0 saturated carbocycles. The number of ketones is 1. The Hall–Kier alpha value is -3.34. The minimum absolute atomic E-state index is 0.113. The van der Waals surface area contributed by atoms with Gasteiger partial charge in [0, 0.05) is 55.5 Å². The molecule has 1 heterocycles. The molecule has 32 heavy (non-hydrogen) atoms. The van der Waals surface area contributed by atoms with Gasteiger partial charge in [0.2, 0.25) is 0 Å². The number of carbonyl (C=O) groups excluding carboxylic acids is 2. The van der Waals surface area contributed by atoms with Crippen LogP contribution in [0.3, 0.4) is 0 Å². The SMILES string of the molecule is CC1=C(C(=O)OCCc2ccccc2)[C@H](c2ccc(N(C)C)cc2)C2=C(CCCC2=O)N1. The molecule has 2 aliphatic rings. The van der Waals surface area contributed by atoms with E-state index < -0.39 is 5.92 Å². The van der Waals surface area contributed by atoms with Gasteiger partial charge in [0.1, 0.15) is 0 Å². The van der Waals surface area contributed by atoms with Crippen molar-refractivity contribution in [3.8, 4) is 0 Å². The van der Waals surface area contributed by atoms with E-state index in [4.69, 9.17) is 4.74 Å². The fraction of sp³-hybridized carbons (Fsp3) is 0.333. The topological polar surface area (TPSA) is 58.6 Å². The number of nitrogens with zero attached hydrogens (tertiary/aromatic N) is 1. The minimum Gasteiger partial charge on any atom is -0.462 e. The monoisotopic (exact) mass is 430 g/mol. The molecule has 5 heteroatoms. The Morgan fingerprint density at radius 2 is 1.78 bits per heavy atom. The number of hydrogen-bond acceptors (Lipinski definition) is 5. The van der Waals surface area contributed by atoms with E-state index in [1.165, 1.54) is 0 Å². The molecule has 0 bridgehead atoms. The van der Waals surface area contributed by atoms with Gasteiger partial charge in [-0.2, -0.15) is 0 Å². The summed E-state index contributed by atoms with van der Waals surface area (Å²) in [6.07, 6.45) is 2.83. The van der Waals surface area contributed by atoms with E-state index in [1.807, 2.05) is 80.5 Å². The van der Waals surface area contributed by atoms with Gasteiger partial charge in [-0.3, -0.25) is 4.79 Å². The second-order valence-electron chi connectivity index (χ2n) is 8.62. The van der Waals surface area contributed by atoms with E-state index in [2.05, 4.69) is 5.32 Å². The highest BCUT2D eigenvalue weighted by molar-refractivity contribution is 6.03. The van der Waals surface area contributed by atoms with Crippen molar-refractivity contribution < 1.29 is 14.3 Å². The zero-order valence-electron chi connectivity index (χ0n) is 19.0. The number of rotatable bonds is 6. The number of Topliss-reactive ketones (excluding diaryl/α,β-unsaturated/α-hetero) is 1. The first-order chi connectivity index (χ1) is 15.5. The highest BCUT2D eigenvalue weighted by Gasteiger charge is 2.39. The Morgan fingerprint density at radius 3 is 2.47 bits per heavy atom. The van der Waals surface area contributed by atoms with Crippen molar-refractivity contribution >= 4 is 17.4 Å². The molecule has 0 spiro atoms. The van der Waals surface area contributed by atoms with Gasteiger partial charge in [0.05, 0.1) is 12.2 Å². The summed E-state index contributed by atoms with van der Waals surface area (Å²) in [5.41, 5.74) is 6.09. The number of benzene rings is 2. The lowest BCUT2D eigenvalue weighted by molar-refractivity contribution is -0.139. The Kier molecular flexibility index (Phi) is 6.45. The fourth-order valence-electron chi connectivity index (χ4n) is 4.54. The summed E-state index contributed by atoms with van der Waals surface area (Å²) < 4.78 is 5.71. The highest BCUT2D eigenvalue weighted by Crippen LogP contribution is 2.42. The van der Waals surface area contributed by atoms with E-state index in [-0.39, 0.29) is 11.8 Å². The van der Waals surface area contributed by atoms with Crippen LogP contribution < -0.4 is 10.2 Å². The maximum Gasteiger partial charge on any atom is 0.336 e. The number of nitrogens with one attached hydrogen (secondary N) is 1. The van der Waals surface area contributed by atoms with Gasteiger partial charge in [-0.05, 0) is 43.0 Å². The van der Waals surface area contributed by atoms with Crippen molar-refractivity contribution in [1.82, 2.24) is 5.32 Å². The molecule has 1 aliphatic heterocycles. The van der Waals surface area contributed by atoms with Crippen molar-refractivity contribution in [2.75, 3.05) is 25.6 Å². The van der Waals surface area contributed by atoms with Crippen LogP contribution in [0.25, 0.3) is 0 Å². The summed E-state index contributed by atoms with van der Waals surface area (Å²) >= 11 is 0. The Balaban J connectivity index is 1.64. The molecular weight excluding hydrogens is 400 g/mol.